The molecule has 0 saturated heterocycles. The predicted molar refractivity (Wildman–Crippen MR) is 104 cm³/mol. The van der Waals surface area contributed by atoms with Crippen LogP contribution in [0, 0.1) is 6.92 Å². The molecule has 1 aromatic heterocycles. The zero-order chi connectivity index (χ0) is 20.1. The minimum Gasteiger partial charge on any atom is -0.484 e. The Morgan fingerprint density at radius 2 is 1.85 bits per heavy atom. The van der Waals surface area contributed by atoms with E-state index < -0.39 is 17.8 Å². The average Bonchev–Trinajstić information content (AvgIpc) is 2.90. The highest BCUT2D eigenvalue weighted by Gasteiger charge is 2.25. The summed E-state index contributed by atoms with van der Waals surface area (Å²) < 4.78 is 10.5. The number of nitrogens with one attached hydrogen (secondary N) is 1. The second-order valence-electron chi connectivity index (χ2n) is 5.87. The molecule has 0 aliphatic carbocycles. The summed E-state index contributed by atoms with van der Waals surface area (Å²) in [6.45, 7) is 4.72. The van der Waals surface area contributed by atoms with Gasteiger partial charge in [0, 0.05) is 5.02 Å². The van der Waals surface area contributed by atoms with Gasteiger partial charge in [0.15, 0.2) is 6.61 Å². The van der Waals surface area contributed by atoms with Crippen LogP contribution in [0.4, 0.5) is 5.00 Å². The van der Waals surface area contributed by atoms with Crippen LogP contribution in [0.15, 0.2) is 24.3 Å². The van der Waals surface area contributed by atoms with Crippen molar-refractivity contribution >= 4 is 45.7 Å². The van der Waals surface area contributed by atoms with Crippen molar-refractivity contribution in [1.82, 2.24) is 0 Å². The normalized spacial score (nSPS) is 10.6. The van der Waals surface area contributed by atoms with Crippen LogP contribution >= 0.6 is 22.9 Å². The van der Waals surface area contributed by atoms with E-state index in [1.807, 2.05) is 0 Å². The fraction of sp³-hybridized carbons (Fsp3) is 0.278. The molecule has 1 heterocycles. The van der Waals surface area contributed by atoms with Crippen LogP contribution in [0.25, 0.3) is 0 Å². The lowest BCUT2D eigenvalue weighted by atomic mass is 10.1. The van der Waals surface area contributed by atoms with Crippen LogP contribution < -0.4 is 15.8 Å². The van der Waals surface area contributed by atoms with Gasteiger partial charge >= 0.3 is 5.97 Å². The van der Waals surface area contributed by atoms with Crippen molar-refractivity contribution in [3.05, 3.63) is 45.3 Å². The Balaban J connectivity index is 2.14. The number of primary amides is 1. The van der Waals surface area contributed by atoms with Gasteiger partial charge in [0.1, 0.15) is 15.6 Å². The first-order valence-corrected chi connectivity index (χ1v) is 9.20. The Bertz CT molecular complexity index is 861. The summed E-state index contributed by atoms with van der Waals surface area (Å²) in [4.78, 5) is 36.3. The van der Waals surface area contributed by atoms with Crippen LogP contribution in [0.5, 0.6) is 5.75 Å². The van der Waals surface area contributed by atoms with Gasteiger partial charge in [0.05, 0.1) is 11.7 Å². The number of carbonyl (C=O) groups excluding carboxylic acids is 3. The summed E-state index contributed by atoms with van der Waals surface area (Å²) in [5.41, 5.74) is 5.85. The highest BCUT2D eigenvalue weighted by Crippen LogP contribution is 2.33. The number of nitrogens with two attached hydrogens (primary N) is 1. The maximum absolute atomic E-state index is 12.2. The van der Waals surface area contributed by atoms with Gasteiger partial charge in [-0.05, 0) is 50.6 Å². The minimum atomic E-state index is -0.749. The van der Waals surface area contributed by atoms with E-state index in [0.717, 1.165) is 11.3 Å². The van der Waals surface area contributed by atoms with Crippen molar-refractivity contribution in [2.24, 2.45) is 5.73 Å². The van der Waals surface area contributed by atoms with Gasteiger partial charge in [-0.3, -0.25) is 9.59 Å². The second-order valence-corrected chi connectivity index (χ2v) is 7.33. The molecule has 144 valence electrons. The monoisotopic (exact) mass is 410 g/mol. The number of ether oxygens (including phenoxy) is 2. The van der Waals surface area contributed by atoms with E-state index in [4.69, 9.17) is 26.8 Å². The molecule has 0 bridgehead atoms. The standard InChI is InChI=1S/C18H19ClN2O5S/c1-9(2)26-18(24)15-10(3)14(16(20)23)17(27-15)21-13(22)8-25-12-6-4-11(19)5-7-12/h4-7,9H,8H2,1-3H3,(H2,20,23)(H,21,22). The van der Waals surface area contributed by atoms with Crippen molar-refractivity contribution in [3.8, 4) is 5.75 Å². The molecule has 0 radical (unpaired) electrons. The van der Waals surface area contributed by atoms with E-state index in [1.54, 1.807) is 45.0 Å². The number of halogens is 1. The van der Waals surface area contributed by atoms with Crippen LogP contribution in [0.1, 0.15) is 39.4 Å². The molecule has 1 aromatic carbocycles. The molecule has 0 saturated carbocycles. The van der Waals surface area contributed by atoms with Gasteiger partial charge in [-0.1, -0.05) is 11.6 Å². The van der Waals surface area contributed by atoms with Crippen molar-refractivity contribution in [2.75, 3.05) is 11.9 Å². The minimum absolute atomic E-state index is 0.0792. The van der Waals surface area contributed by atoms with Crippen molar-refractivity contribution in [3.63, 3.8) is 0 Å². The molecule has 3 N–H and O–H groups in total. The Morgan fingerprint density at radius 1 is 1.22 bits per heavy atom. The number of hydrogen-bond acceptors (Lipinski definition) is 6. The van der Waals surface area contributed by atoms with Gasteiger partial charge in [0.25, 0.3) is 11.8 Å². The summed E-state index contributed by atoms with van der Waals surface area (Å²) in [6, 6.07) is 6.52. The molecule has 2 aromatic rings. The molecular formula is C18H19ClN2O5S. The molecule has 0 spiro atoms. The second kappa shape index (κ2) is 8.88. The maximum atomic E-state index is 12.2. The van der Waals surface area contributed by atoms with Crippen LogP contribution in [-0.4, -0.2) is 30.5 Å². The van der Waals surface area contributed by atoms with Gasteiger partial charge in [0.2, 0.25) is 0 Å². The molecule has 2 rings (SSSR count). The van der Waals surface area contributed by atoms with Crippen molar-refractivity contribution < 1.29 is 23.9 Å². The smallest absolute Gasteiger partial charge is 0.348 e. The van der Waals surface area contributed by atoms with Crippen LogP contribution in [-0.2, 0) is 9.53 Å². The number of benzene rings is 1. The van der Waals surface area contributed by atoms with Crippen LogP contribution in [0.2, 0.25) is 5.02 Å². The van der Waals surface area contributed by atoms with Crippen molar-refractivity contribution in [2.45, 2.75) is 26.9 Å². The fourth-order valence-corrected chi connectivity index (χ4v) is 3.44. The molecule has 0 atom stereocenters. The zero-order valence-corrected chi connectivity index (χ0v) is 16.6. The van der Waals surface area contributed by atoms with Crippen LogP contribution in [0.3, 0.4) is 0 Å². The molecule has 7 nitrogen and oxygen atoms in total. The number of thiophene rings is 1. The summed E-state index contributed by atoms with van der Waals surface area (Å²) in [5, 5.41) is 3.29. The third-order valence-corrected chi connectivity index (χ3v) is 4.80. The number of esters is 1. The highest BCUT2D eigenvalue weighted by molar-refractivity contribution is 7.18. The fourth-order valence-electron chi connectivity index (χ4n) is 2.20. The molecule has 9 heteroatoms. The Labute approximate surface area is 165 Å². The van der Waals surface area contributed by atoms with E-state index in [9.17, 15) is 14.4 Å². The molecule has 0 aliphatic heterocycles. The summed E-state index contributed by atoms with van der Waals surface area (Å²) in [7, 11) is 0. The lowest BCUT2D eigenvalue weighted by Crippen LogP contribution is -2.22. The SMILES string of the molecule is Cc1c(C(=O)OC(C)C)sc(NC(=O)COc2ccc(Cl)cc2)c1C(N)=O. The number of hydrogen-bond donors (Lipinski definition) is 2. The zero-order valence-electron chi connectivity index (χ0n) is 15.0. The Kier molecular flexibility index (Phi) is 6.81. The third-order valence-electron chi connectivity index (χ3n) is 3.36. The van der Waals surface area contributed by atoms with Gasteiger partial charge in [-0.2, -0.15) is 0 Å². The molecule has 27 heavy (non-hydrogen) atoms. The summed E-state index contributed by atoms with van der Waals surface area (Å²) in [5.74, 6) is -1.36. The molecular weight excluding hydrogens is 392 g/mol. The average molecular weight is 411 g/mol. The van der Waals surface area contributed by atoms with Crippen molar-refractivity contribution in [1.29, 1.82) is 0 Å². The van der Waals surface area contributed by atoms with E-state index in [-0.39, 0.29) is 28.2 Å². The maximum Gasteiger partial charge on any atom is 0.348 e. The van der Waals surface area contributed by atoms with Gasteiger partial charge in [-0.25, -0.2) is 4.79 Å². The first-order valence-electron chi connectivity index (χ1n) is 8.01. The largest absolute Gasteiger partial charge is 0.484 e. The Hall–Kier alpha value is -2.58. The first-order chi connectivity index (χ1) is 12.7. The predicted octanol–water partition coefficient (Wildman–Crippen LogP) is 3.39. The first kappa shape index (κ1) is 20.7. The topological polar surface area (TPSA) is 108 Å². The highest BCUT2D eigenvalue weighted by atomic mass is 35.5. The van der Waals surface area contributed by atoms with E-state index in [1.165, 1.54) is 0 Å². The third kappa shape index (κ3) is 5.45. The number of rotatable bonds is 7. The molecule has 0 unspecified atom stereocenters. The summed E-state index contributed by atoms with van der Waals surface area (Å²) in [6.07, 6.45) is -0.318. The van der Waals surface area contributed by atoms with E-state index in [0.29, 0.717) is 16.3 Å². The van der Waals surface area contributed by atoms with E-state index in [2.05, 4.69) is 5.32 Å². The molecule has 0 fully saturated rings. The molecule has 2 amide bonds. The number of amides is 2. The lowest BCUT2D eigenvalue weighted by Gasteiger charge is -2.07. The van der Waals surface area contributed by atoms with Gasteiger partial charge < -0.3 is 20.5 Å². The number of anilines is 1. The van der Waals surface area contributed by atoms with Gasteiger partial charge in [-0.15, -0.1) is 11.3 Å². The quantitative estimate of drug-likeness (QED) is 0.680. The Morgan fingerprint density at radius 3 is 2.41 bits per heavy atom. The lowest BCUT2D eigenvalue weighted by molar-refractivity contribution is -0.118. The number of carbonyl (C=O) groups is 3. The van der Waals surface area contributed by atoms with E-state index >= 15 is 0 Å². The summed E-state index contributed by atoms with van der Waals surface area (Å²) >= 11 is 6.72. The molecule has 0 aliphatic rings.